The number of methoxy groups -OCH3 is 1. The van der Waals surface area contributed by atoms with Crippen LogP contribution in [0.3, 0.4) is 0 Å². The molecule has 0 aliphatic carbocycles. The monoisotopic (exact) mass is 668 g/mol. The Bertz CT molecular complexity index is 1220. The number of esters is 1. The molecule has 1 aromatic heterocycles. The van der Waals surface area contributed by atoms with Crippen molar-refractivity contribution in [3.63, 3.8) is 0 Å². The Morgan fingerprint density at radius 3 is 1.39 bits per heavy atom. The predicted molar refractivity (Wildman–Crippen MR) is 144 cm³/mol. The average Bonchev–Trinajstić information content (AvgIpc) is 3.25. The van der Waals surface area contributed by atoms with E-state index in [0.29, 0.717) is 23.7 Å². The molecule has 196 valence electrons. The van der Waals surface area contributed by atoms with E-state index in [-0.39, 0.29) is 0 Å². The van der Waals surface area contributed by atoms with Gasteiger partial charge in [0.15, 0.2) is 0 Å². The van der Waals surface area contributed by atoms with Gasteiger partial charge in [0.1, 0.15) is 0 Å². The number of imidazole rings is 1. The van der Waals surface area contributed by atoms with E-state index in [2.05, 4.69) is 123 Å². The number of hydrogen-bond acceptors (Lipinski definition) is 2. The second kappa shape index (κ2) is 12.1. The van der Waals surface area contributed by atoms with Gasteiger partial charge in [-0.05, 0) is 0 Å². The summed E-state index contributed by atoms with van der Waals surface area (Å²) >= 11 is -0.692. The van der Waals surface area contributed by atoms with Crippen LogP contribution in [0.4, 0.5) is 0 Å². The van der Waals surface area contributed by atoms with Crippen molar-refractivity contribution in [3.8, 4) is 21.4 Å². The summed E-state index contributed by atoms with van der Waals surface area (Å²) in [6, 6.07) is 13.3. The van der Waals surface area contributed by atoms with Crippen molar-refractivity contribution >= 4 is 5.97 Å². The van der Waals surface area contributed by atoms with Crippen LogP contribution in [-0.2, 0) is 28.8 Å². The Hall–Kier alpha value is -2.58. The van der Waals surface area contributed by atoms with Crippen molar-refractivity contribution in [1.29, 1.82) is 0 Å². The van der Waals surface area contributed by atoms with E-state index in [1.807, 2.05) is 0 Å². The van der Waals surface area contributed by atoms with Crippen LogP contribution in [0, 0.1) is 13.7 Å². The molecule has 0 saturated heterocycles. The Morgan fingerprint density at radius 1 is 0.722 bits per heavy atom. The molecule has 0 radical (unpaired) electrons. The topological polar surface area (TPSA) is 36.2 Å². The third-order valence-electron chi connectivity index (χ3n) is 6.32. The maximum absolute atomic E-state index is 11.8. The zero-order valence-corrected chi connectivity index (χ0v) is 25.1. The number of benzene rings is 2. The van der Waals surface area contributed by atoms with Crippen LogP contribution in [0.25, 0.3) is 11.4 Å². The molecule has 0 N–H and O–H groups in total. The molecule has 0 amide bonds. The second-order valence-electron chi connectivity index (χ2n) is 10.2. The van der Waals surface area contributed by atoms with Gasteiger partial charge in [0.2, 0.25) is 0 Å². The number of ether oxygens (including phenoxy) is 1. The Labute approximate surface area is 225 Å². The fraction of sp³-hybridized carbons (Fsp3) is 0.419. The van der Waals surface area contributed by atoms with E-state index >= 15 is 0 Å². The Morgan fingerprint density at radius 2 is 1.08 bits per heavy atom. The molecule has 3 aromatic rings. The van der Waals surface area contributed by atoms with Gasteiger partial charge in [-0.15, -0.1) is 0 Å². The van der Waals surface area contributed by atoms with Crippen molar-refractivity contribution in [2.24, 2.45) is 0 Å². The number of para-hydroxylation sites is 2. The van der Waals surface area contributed by atoms with Gasteiger partial charge < -0.3 is 0 Å². The SMILES string of the molecule is COC(=O)C#[C][Au]=[c]1n(-c2c(C(C)C)cccc2C(C)C)ccn1-c1c(C(C)C)cccc1C(C)C. The van der Waals surface area contributed by atoms with E-state index in [1.165, 1.54) is 40.7 Å². The summed E-state index contributed by atoms with van der Waals surface area (Å²) in [6.45, 7) is 18.0. The molecule has 0 aliphatic rings. The van der Waals surface area contributed by atoms with Crippen molar-refractivity contribution in [2.45, 2.75) is 79.1 Å². The number of rotatable bonds is 6. The zero-order valence-electron chi connectivity index (χ0n) is 22.9. The molecule has 4 nitrogen and oxygen atoms in total. The normalized spacial score (nSPS) is 11.5. The fourth-order valence-electron chi connectivity index (χ4n) is 4.46. The van der Waals surface area contributed by atoms with Gasteiger partial charge in [-0.25, -0.2) is 0 Å². The molecule has 0 unspecified atom stereocenters. The first-order valence-electron chi connectivity index (χ1n) is 12.6. The van der Waals surface area contributed by atoms with Gasteiger partial charge in [0, 0.05) is 0 Å². The van der Waals surface area contributed by atoms with Crippen LogP contribution in [0.1, 0.15) is 101 Å². The number of carbonyl (C=O) groups excluding carboxylic acids is 1. The molecule has 0 saturated carbocycles. The van der Waals surface area contributed by atoms with E-state index in [1.54, 1.807) is 0 Å². The van der Waals surface area contributed by atoms with Gasteiger partial charge in [-0.1, -0.05) is 0 Å². The minimum absolute atomic E-state index is 0.370. The number of hydrogen-bond donors (Lipinski definition) is 0. The van der Waals surface area contributed by atoms with Crippen LogP contribution in [0.5, 0.6) is 0 Å². The summed E-state index contributed by atoms with van der Waals surface area (Å²) in [5.74, 6) is 3.67. The first kappa shape index (κ1) is 28.0. The first-order valence-corrected chi connectivity index (χ1v) is 14.8. The van der Waals surface area contributed by atoms with E-state index < -0.39 is 25.3 Å². The van der Waals surface area contributed by atoms with E-state index in [9.17, 15) is 4.79 Å². The van der Waals surface area contributed by atoms with Crippen LogP contribution in [0.2, 0.25) is 0 Å². The fourth-order valence-corrected chi connectivity index (χ4v) is 6.39. The molecule has 3 rings (SSSR count). The minimum atomic E-state index is -0.692. The van der Waals surface area contributed by atoms with E-state index in [4.69, 9.17) is 4.74 Å². The standard InChI is InChI=1S/C27H36N2.C4H3O2.Au/c1-18(2)22-11-9-12-23(19(3)4)26(22)28-15-16-29(17-28)27-24(20(5)6)13-10-14-25(27)21(7)8;1-3-4(5)6-2;/h9-16,18-21H,1-8H3;2H3;. The van der Waals surface area contributed by atoms with Crippen LogP contribution < -0.4 is 0 Å². The molecule has 0 atom stereocenters. The van der Waals surface area contributed by atoms with Crippen molar-refractivity contribution in [1.82, 2.24) is 9.13 Å². The molecule has 0 fully saturated rings. The van der Waals surface area contributed by atoms with Gasteiger partial charge in [-0.3, -0.25) is 0 Å². The zero-order chi connectivity index (χ0) is 26.6. The molecule has 36 heavy (non-hydrogen) atoms. The maximum atomic E-state index is 11.8. The first-order chi connectivity index (χ1) is 17.1. The summed E-state index contributed by atoms with van der Waals surface area (Å²) in [5, 5.41) is 0. The molecule has 2 aromatic carbocycles. The Kier molecular flexibility index (Phi) is 9.41. The van der Waals surface area contributed by atoms with Crippen LogP contribution in [0.15, 0.2) is 48.8 Å². The van der Waals surface area contributed by atoms with Gasteiger partial charge >= 0.3 is 226 Å². The quantitative estimate of drug-likeness (QED) is 0.155. The van der Waals surface area contributed by atoms with Gasteiger partial charge in [-0.2, -0.15) is 0 Å². The van der Waals surface area contributed by atoms with Crippen molar-refractivity contribution in [3.05, 3.63) is 74.7 Å². The van der Waals surface area contributed by atoms with Gasteiger partial charge in [0.05, 0.1) is 0 Å². The van der Waals surface area contributed by atoms with E-state index in [0.717, 1.165) is 3.63 Å². The number of carbonyl (C=O) groups is 1. The summed E-state index contributed by atoms with van der Waals surface area (Å²) in [6.07, 6.45) is 4.36. The third kappa shape index (κ3) is 5.86. The van der Waals surface area contributed by atoms with Crippen LogP contribution in [-0.4, -0.2) is 22.2 Å². The molecule has 5 heteroatoms. The molecule has 0 bridgehead atoms. The molecular weight excluding hydrogens is 629 g/mol. The summed E-state index contributed by atoms with van der Waals surface area (Å²) < 4.78 is 13.8. The summed E-state index contributed by atoms with van der Waals surface area (Å²) in [4.78, 5) is 11.8. The molecule has 1 heterocycles. The predicted octanol–water partition coefficient (Wildman–Crippen LogP) is 7.51. The second-order valence-corrected chi connectivity index (χ2v) is 12.3. The number of nitrogens with zero attached hydrogens (tertiary/aromatic N) is 2. The van der Waals surface area contributed by atoms with Crippen LogP contribution >= 0.6 is 0 Å². The molecule has 0 aliphatic heterocycles. The molecular formula is C31H39AuN2O2. The van der Waals surface area contributed by atoms with Crippen molar-refractivity contribution < 1.29 is 28.8 Å². The summed E-state index contributed by atoms with van der Waals surface area (Å²) in [5.41, 5.74) is 7.73. The third-order valence-corrected chi connectivity index (χ3v) is 8.39. The molecule has 0 spiro atoms. The number of aromatic nitrogens is 2. The Balaban J connectivity index is 2.50. The van der Waals surface area contributed by atoms with Crippen molar-refractivity contribution in [2.75, 3.05) is 7.11 Å². The summed E-state index contributed by atoms with van der Waals surface area (Å²) in [7, 11) is 1.37. The van der Waals surface area contributed by atoms with Gasteiger partial charge in [0.25, 0.3) is 0 Å². The average molecular weight is 669 g/mol.